The highest BCUT2D eigenvalue weighted by Gasteiger charge is 2.31. The first-order valence-electron chi connectivity index (χ1n) is 6.04. The third-order valence-electron chi connectivity index (χ3n) is 3.33. The van der Waals surface area contributed by atoms with Crippen molar-refractivity contribution in [3.63, 3.8) is 0 Å². The van der Waals surface area contributed by atoms with Crippen molar-refractivity contribution in [3.05, 3.63) is 23.8 Å². The van der Waals surface area contributed by atoms with Gasteiger partial charge in [0.1, 0.15) is 0 Å². The molecule has 2 rings (SSSR count). The second-order valence-electron chi connectivity index (χ2n) is 4.63. The number of anilines is 1. The van der Waals surface area contributed by atoms with Crippen LogP contribution in [-0.2, 0) is 0 Å². The maximum Gasteiger partial charge on any atom is 0.511 e. The Morgan fingerprint density at radius 2 is 1.71 bits per heavy atom. The second kappa shape index (κ2) is 4.63. The van der Waals surface area contributed by atoms with E-state index in [1.807, 2.05) is 4.90 Å². The molecule has 0 amide bonds. The predicted molar refractivity (Wildman–Crippen MR) is 66.0 cm³/mol. The third kappa shape index (κ3) is 2.59. The molecule has 1 saturated heterocycles. The Morgan fingerprint density at radius 3 is 2.29 bits per heavy atom. The van der Waals surface area contributed by atoms with Gasteiger partial charge in [0.2, 0.25) is 0 Å². The van der Waals surface area contributed by atoms with E-state index in [2.05, 4.69) is 0 Å². The van der Waals surface area contributed by atoms with Crippen LogP contribution >= 0.6 is 0 Å². The summed E-state index contributed by atoms with van der Waals surface area (Å²) in [5, 5.41) is 0. The summed E-state index contributed by atoms with van der Waals surface area (Å²) in [5.41, 5.74) is 0.298. The Hall–Kier alpha value is -1.13. The summed E-state index contributed by atoms with van der Waals surface area (Å²) >= 11 is 0. The molecule has 5 heteroatoms. The van der Waals surface area contributed by atoms with E-state index >= 15 is 0 Å². The minimum atomic E-state index is -4.93. The van der Waals surface area contributed by atoms with E-state index in [0.717, 1.165) is 32.4 Å². The average molecular weight is 242 g/mol. The molecule has 1 aliphatic rings. The largest absolute Gasteiger partial charge is 0.511 e. The lowest BCUT2D eigenvalue weighted by molar-refractivity contribution is 0.499. The highest BCUT2D eigenvalue weighted by atomic mass is 19.4. The maximum atomic E-state index is 13.1. The van der Waals surface area contributed by atoms with Crippen molar-refractivity contribution in [3.8, 4) is 0 Å². The van der Waals surface area contributed by atoms with Crippen molar-refractivity contribution < 1.29 is 12.9 Å². The molecule has 1 aromatic carbocycles. The van der Waals surface area contributed by atoms with Gasteiger partial charge in [0.25, 0.3) is 0 Å². The average Bonchev–Trinajstić information content (AvgIpc) is 2.28. The standard InChI is InChI=1S/C12H16BF3N/c1-10-6-5-7-11(12(10)13(14,15)16)17-8-3-2-4-9-17/h5-7H,2-4,8-9H2,1H3/q-1. The van der Waals surface area contributed by atoms with Gasteiger partial charge < -0.3 is 17.8 Å². The fourth-order valence-electron chi connectivity index (χ4n) is 2.50. The normalized spacial score (nSPS) is 17.3. The predicted octanol–water partition coefficient (Wildman–Crippen LogP) is 3.04. The van der Waals surface area contributed by atoms with Crippen molar-refractivity contribution >= 4 is 18.1 Å². The van der Waals surface area contributed by atoms with Gasteiger partial charge in [-0.2, -0.15) is 0 Å². The van der Waals surface area contributed by atoms with Gasteiger partial charge in [-0.05, 0) is 32.3 Å². The van der Waals surface area contributed by atoms with Crippen molar-refractivity contribution in [1.82, 2.24) is 0 Å². The summed E-state index contributed by atoms with van der Waals surface area (Å²) in [5.74, 6) is 0. The number of nitrogens with zero attached hydrogens (tertiary/aromatic N) is 1. The van der Waals surface area contributed by atoms with Crippen LogP contribution in [0.1, 0.15) is 24.8 Å². The zero-order valence-corrected chi connectivity index (χ0v) is 9.93. The molecule has 0 spiro atoms. The molecule has 1 fully saturated rings. The number of piperidine rings is 1. The van der Waals surface area contributed by atoms with Crippen LogP contribution in [0.5, 0.6) is 0 Å². The Balaban J connectivity index is 2.42. The van der Waals surface area contributed by atoms with E-state index in [9.17, 15) is 12.9 Å². The van der Waals surface area contributed by atoms with Gasteiger partial charge in [0, 0.05) is 18.8 Å². The van der Waals surface area contributed by atoms with Crippen molar-refractivity contribution in [2.24, 2.45) is 0 Å². The summed E-state index contributed by atoms with van der Waals surface area (Å²) in [6, 6.07) is 4.85. The molecule has 0 atom stereocenters. The molecule has 0 radical (unpaired) electrons. The van der Waals surface area contributed by atoms with Gasteiger partial charge in [0.15, 0.2) is 0 Å². The molecule has 0 aromatic heterocycles. The fourth-order valence-corrected chi connectivity index (χ4v) is 2.50. The maximum absolute atomic E-state index is 13.1. The highest BCUT2D eigenvalue weighted by molar-refractivity contribution is 6.75. The van der Waals surface area contributed by atoms with E-state index in [1.54, 1.807) is 12.1 Å². The molecule has 1 nitrogen and oxygen atoms in total. The molecular weight excluding hydrogens is 226 g/mol. The van der Waals surface area contributed by atoms with Crippen LogP contribution in [0.25, 0.3) is 0 Å². The minimum absolute atomic E-state index is 0.334. The van der Waals surface area contributed by atoms with Crippen LogP contribution in [0, 0.1) is 6.92 Å². The van der Waals surface area contributed by atoms with Crippen molar-refractivity contribution in [2.75, 3.05) is 18.0 Å². The van der Waals surface area contributed by atoms with E-state index in [4.69, 9.17) is 0 Å². The Bertz CT molecular complexity index is 397. The lowest BCUT2D eigenvalue weighted by Crippen LogP contribution is -2.43. The first-order chi connectivity index (χ1) is 8.00. The topological polar surface area (TPSA) is 3.24 Å². The zero-order valence-electron chi connectivity index (χ0n) is 9.93. The SMILES string of the molecule is Cc1cccc(N2CCCCC2)c1[B-](F)(F)F. The van der Waals surface area contributed by atoms with E-state index < -0.39 is 12.4 Å². The Kier molecular flexibility index (Phi) is 3.36. The number of benzene rings is 1. The van der Waals surface area contributed by atoms with Crippen LogP contribution in [0.4, 0.5) is 18.6 Å². The number of hydrogen-bond donors (Lipinski definition) is 0. The molecular formula is C12H16BF3N-. The minimum Gasteiger partial charge on any atom is -0.445 e. The van der Waals surface area contributed by atoms with E-state index in [0.29, 0.717) is 11.3 Å². The second-order valence-corrected chi connectivity index (χ2v) is 4.63. The molecule has 0 bridgehead atoms. The lowest BCUT2D eigenvalue weighted by atomic mass is 9.75. The molecule has 0 saturated carbocycles. The van der Waals surface area contributed by atoms with Gasteiger partial charge in [-0.25, -0.2) is 0 Å². The van der Waals surface area contributed by atoms with Crippen molar-refractivity contribution in [1.29, 1.82) is 0 Å². The molecule has 1 heterocycles. The molecule has 1 aliphatic heterocycles. The summed E-state index contributed by atoms with van der Waals surface area (Å²) in [7, 11) is 0. The van der Waals surface area contributed by atoms with Gasteiger partial charge in [0.05, 0.1) is 0 Å². The molecule has 94 valence electrons. The monoisotopic (exact) mass is 242 g/mol. The van der Waals surface area contributed by atoms with Crippen LogP contribution in [0.2, 0.25) is 0 Å². The molecule has 17 heavy (non-hydrogen) atoms. The Morgan fingerprint density at radius 1 is 1.06 bits per heavy atom. The summed E-state index contributed by atoms with van der Waals surface area (Å²) in [6.07, 6.45) is 3.09. The first-order valence-corrected chi connectivity index (χ1v) is 6.04. The van der Waals surface area contributed by atoms with Crippen LogP contribution in [0.15, 0.2) is 18.2 Å². The highest BCUT2D eigenvalue weighted by Crippen LogP contribution is 2.24. The molecule has 0 N–H and O–H groups in total. The van der Waals surface area contributed by atoms with Crippen LogP contribution in [0.3, 0.4) is 0 Å². The zero-order chi connectivity index (χ0) is 12.5. The van der Waals surface area contributed by atoms with Gasteiger partial charge in [-0.15, -0.1) is 0 Å². The summed E-state index contributed by atoms with van der Waals surface area (Å²) in [4.78, 5) is 1.88. The number of hydrogen-bond acceptors (Lipinski definition) is 1. The summed E-state index contributed by atoms with van der Waals surface area (Å²) in [6.45, 7) is -1.92. The number of halogens is 3. The van der Waals surface area contributed by atoms with Crippen molar-refractivity contribution in [2.45, 2.75) is 26.2 Å². The van der Waals surface area contributed by atoms with Gasteiger partial charge >= 0.3 is 6.98 Å². The summed E-state index contributed by atoms with van der Waals surface area (Å²) < 4.78 is 39.3. The van der Waals surface area contributed by atoms with Crippen LogP contribution < -0.4 is 10.4 Å². The molecule has 0 unspecified atom stereocenters. The van der Waals surface area contributed by atoms with E-state index in [-0.39, 0.29) is 0 Å². The Labute approximate surface area is 99.7 Å². The fraction of sp³-hybridized carbons (Fsp3) is 0.500. The smallest absolute Gasteiger partial charge is 0.445 e. The van der Waals surface area contributed by atoms with Gasteiger partial charge in [-0.1, -0.05) is 23.2 Å². The lowest BCUT2D eigenvalue weighted by Gasteiger charge is -2.34. The number of rotatable bonds is 2. The first kappa shape index (κ1) is 12.3. The molecule has 1 aromatic rings. The van der Waals surface area contributed by atoms with Gasteiger partial charge in [-0.3, -0.25) is 0 Å². The van der Waals surface area contributed by atoms with E-state index in [1.165, 1.54) is 13.0 Å². The third-order valence-corrected chi connectivity index (χ3v) is 3.33. The van der Waals surface area contributed by atoms with Crippen LogP contribution in [-0.4, -0.2) is 20.1 Å². The number of aryl methyl sites for hydroxylation is 1. The quantitative estimate of drug-likeness (QED) is 0.720. The molecule has 0 aliphatic carbocycles.